The lowest BCUT2D eigenvalue weighted by molar-refractivity contribution is 0.178. The van der Waals surface area contributed by atoms with Crippen LogP contribution in [0, 0.1) is 0 Å². The highest BCUT2D eigenvalue weighted by Gasteiger charge is 2.11. The van der Waals surface area contributed by atoms with Crippen molar-refractivity contribution in [3.63, 3.8) is 0 Å². The second kappa shape index (κ2) is 8.74. The summed E-state index contributed by atoms with van der Waals surface area (Å²) in [6, 6.07) is 0. The molecule has 0 aromatic carbocycles. The van der Waals surface area contributed by atoms with Crippen LogP contribution in [0.25, 0.3) is 0 Å². The summed E-state index contributed by atoms with van der Waals surface area (Å²) in [5.41, 5.74) is 1.23. The first-order chi connectivity index (χ1) is 7.84. The molecule has 3 heteroatoms. The number of hydrogen-bond acceptors (Lipinski definition) is 3. The van der Waals surface area contributed by atoms with Crippen LogP contribution in [0.3, 0.4) is 0 Å². The average Bonchev–Trinajstić information content (AvgIpc) is 2.23. The van der Waals surface area contributed by atoms with Gasteiger partial charge in [-0.05, 0) is 31.3 Å². The fourth-order valence-corrected chi connectivity index (χ4v) is 2.06. The molecule has 0 aromatic heterocycles. The highest BCUT2D eigenvalue weighted by molar-refractivity contribution is 5.09. The first kappa shape index (κ1) is 13.7. The van der Waals surface area contributed by atoms with E-state index in [-0.39, 0.29) is 6.10 Å². The van der Waals surface area contributed by atoms with E-state index in [0.29, 0.717) is 13.2 Å². The smallest absolute Gasteiger partial charge is 0.0874 e. The third kappa shape index (κ3) is 5.64. The Morgan fingerprint density at radius 3 is 3.00 bits per heavy atom. The summed E-state index contributed by atoms with van der Waals surface area (Å²) >= 11 is 0. The number of aliphatic hydroxyl groups excluding tert-OH is 1. The molecule has 0 aromatic rings. The van der Waals surface area contributed by atoms with E-state index in [9.17, 15) is 5.11 Å². The van der Waals surface area contributed by atoms with E-state index in [1.807, 2.05) is 0 Å². The van der Waals surface area contributed by atoms with E-state index in [1.54, 1.807) is 7.11 Å². The van der Waals surface area contributed by atoms with Gasteiger partial charge >= 0.3 is 0 Å². The third-order valence-electron chi connectivity index (χ3n) is 3.07. The predicted octanol–water partition coefficient (Wildman–Crippen LogP) is 1.86. The Bertz CT molecular complexity index is 204. The Morgan fingerprint density at radius 1 is 1.38 bits per heavy atom. The monoisotopic (exact) mass is 227 g/mol. The van der Waals surface area contributed by atoms with Crippen LogP contribution in [-0.2, 0) is 4.74 Å². The lowest BCUT2D eigenvalue weighted by Gasteiger charge is -2.17. The molecule has 0 aliphatic heterocycles. The fraction of sp³-hybridized carbons (Fsp3) is 0.846. The normalized spacial score (nSPS) is 19.8. The molecule has 0 saturated heterocycles. The van der Waals surface area contributed by atoms with Gasteiger partial charge in [0.2, 0.25) is 0 Å². The van der Waals surface area contributed by atoms with Gasteiger partial charge in [0.1, 0.15) is 0 Å². The van der Waals surface area contributed by atoms with Crippen LogP contribution < -0.4 is 5.32 Å². The number of allylic oxidation sites excluding steroid dienone is 1. The first-order valence-electron chi connectivity index (χ1n) is 6.41. The quantitative estimate of drug-likeness (QED) is 0.537. The summed E-state index contributed by atoms with van der Waals surface area (Å²) in [4.78, 5) is 0. The van der Waals surface area contributed by atoms with Gasteiger partial charge in [0.25, 0.3) is 0 Å². The summed E-state index contributed by atoms with van der Waals surface area (Å²) in [6.07, 6.45) is 9.26. The number of ether oxygens (including phenoxy) is 1. The minimum absolute atomic E-state index is 0.310. The summed E-state index contributed by atoms with van der Waals surface area (Å²) in [7, 11) is 1.69. The predicted molar refractivity (Wildman–Crippen MR) is 66.5 cm³/mol. The second-order valence-electron chi connectivity index (χ2n) is 4.44. The molecule has 0 amide bonds. The van der Waals surface area contributed by atoms with Gasteiger partial charge in [-0.25, -0.2) is 0 Å². The minimum atomic E-state index is -0.310. The SMILES string of the molecule is COCCNCC(O)C1=CCCCCCC1. The zero-order valence-electron chi connectivity index (χ0n) is 10.4. The molecule has 0 spiro atoms. The molecule has 0 saturated carbocycles. The van der Waals surface area contributed by atoms with Gasteiger partial charge < -0.3 is 15.2 Å². The molecular formula is C13H25NO2. The Kier molecular flexibility index (Phi) is 7.47. The van der Waals surface area contributed by atoms with Gasteiger partial charge in [0, 0.05) is 20.2 Å². The maximum atomic E-state index is 10.0. The summed E-state index contributed by atoms with van der Waals surface area (Å²) in [6.45, 7) is 2.15. The van der Waals surface area contributed by atoms with Crippen LogP contribution in [0.4, 0.5) is 0 Å². The molecule has 0 bridgehead atoms. The lowest BCUT2D eigenvalue weighted by atomic mass is 9.96. The summed E-state index contributed by atoms with van der Waals surface area (Å²) in [5, 5.41) is 13.2. The standard InChI is InChI=1S/C13H25NO2/c1-16-10-9-14-11-13(15)12-7-5-3-2-4-6-8-12/h7,13-15H,2-6,8-11H2,1H3. The number of rotatable bonds is 6. The molecule has 16 heavy (non-hydrogen) atoms. The molecule has 1 atom stereocenters. The lowest BCUT2D eigenvalue weighted by Crippen LogP contribution is -2.30. The highest BCUT2D eigenvalue weighted by atomic mass is 16.5. The average molecular weight is 227 g/mol. The van der Waals surface area contributed by atoms with Gasteiger partial charge in [0.05, 0.1) is 12.7 Å². The third-order valence-corrected chi connectivity index (χ3v) is 3.07. The molecule has 0 radical (unpaired) electrons. The van der Waals surface area contributed by atoms with Crippen molar-refractivity contribution in [1.82, 2.24) is 5.32 Å². The van der Waals surface area contributed by atoms with Crippen molar-refractivity contribution in [2.75, 3.05) is 26.8 Å². The highest BCUT2D eigenvalue weighted by Crippen LogP contribution is 2.19. The van der Waals surface area contributed by atoms with Crippen LogP contribution in [0.5, 0.6) is 0 Å². The van der Waals surface area contributed by atoms with E-state index < -0.39 is 0 Å². The number of methoxy groups -OCH3 is 1. The maximum absolute atomic E-state index is 10.0. The van der Waals surface area contributed by atoms with Crippen molar-refractivity contribution < 1.29 is 9.84 Å². The molecular weight excluding hydrogens is 202 g/mol. The molecule has 1 aliphatic rings. The van der Waals surface area contributed by atoms with Crippen molar-refractivity contribution >= 4 is 0 Å². The molecule has 0 heterocycles. The molecule has 94 valence electrons. The minimum Gasteiger partial charge on any atom is -0.387 e. The van der Waals surface area contributed by atoms with Crippen molar-refractivity contribution in [3.05, 3.63) is 11.6 Å². The Balaban J connectivity index is 2.24. The summed E-state index contributed by atoms with van der Waals surface area (Å²) < 4.78 is 4.95. The number of hydrogen-bond donors (Lipinski definition) is 2. The van der Waals surface area contributed by atoms with E-state index >= 15 is 0 Å². The van der Waals surface area contributed by atoms with Crippen molar-refractivity contribution in [2.45, 2.75) is 44.6 Å². The largest absolute Gasteiger partial charge is 0.387 e. The van der Waals surface area contributed by atoms with Crippen LogP contribution in [0.1, 0.15) is 38.5 Å². The van der Waals surface area contributed by atoms with Crippen molar-refractivity contribution in [2.24, 2.45) is 0 Å². The first-order valence-corrected chi connectivity index (χ1v) is 6.41. The van der Waals surface area contributed by atoms with Crippen molar-refractivity contribution in [3.8, 4) is 0 Å². The zero-order chi connectivity index (χ0) is 11.6. The van der Waals surface area contributed by atoms with E-state index in [4.69, 9.17) is 4.74 Å². The van der Waals surface area contributed by atoms with E-state index in [1.165, 1.54) is 31.3 Å². The fourth-order valence-electron chi connectivity index (χ4n) is 2.06. The van der Waals surface area contributed by atoms with Gasteiger partial charge in [-0.15, -0.1) is 0 Å². The second-order valence-corrected chi connectivity index (χ2v) is 4.44. The van der Waals surface area contributed by atoms with Crippen LogP contribution in [0.15, 0.2) is 11.6 Å². The molecule has 0 fully saturated rings. The number of nitrogens with one attached hydrogen (secondary N) is 1. The van der Waals surface area contributed by atoms with Gasteiger partial charge in [-0.3, -0.25) is 0 Å². The maximum Gasteiger partial charge on any atom is 0.0874 e. The molecule has 2 N–H and O–H groups in total. The van der Waals surface area contributed by atoms with Gasteiger partial charge in [-0.1, -0.05) is 18.9 Å². The summed E-state index contributed by atoms with van der Waals surface area (Å²) in [5.74, 6) is 0. The van der Waals surface area contributed by atoms with E-state index in [0.717, 1.165) is 19.4 Å². The van der Waals surface area contributed by atoms with E-state index in [2.05, 4.69) is 11.4 Å². The van der Waals surface area contributed by atoms with Gasteiger partial charge in [0.15, 0.2) is 0 Å². The molecule has 3 nitrogen and oxygen atoms in total. The Morgan fingerprint density at radius 2 is 2.19 bits per heavy atom. The van der Waals surface area contributed by atoms with Crippen LogP contribution >= 0.6 is 0 Å². The molecule has 1 aliphatic carbocycles. The van der Waals surface area contributed by atoms with Crippen LogP contribution in [-0.4, -0.2) is 38.0 Å². The number of aliphatic hydroxyl groups is 1. The van der Waals surface area contributed by atoms with Gasteiger partial charge in [-0.2, -0.15) is 0 Å². The van der Waals surface area contributed by atoms with Crippen LogP contribution in [0.2, 0.25) is 0 Å². The molecule has 1 unspecified atom stereocenters. The Labute approximate surface area is 98.9 Å². The topological polar surface area (TPSA) is 41.5 Å². The molecule has 1 rings (SSSR count). The van der Waals surface area contributed by atoms with Crippen molar-refractivity contribution in [1.29, 1.82) is 0 Å². The zero-order valence-corrected chi connectivity index (χ0v) is 10.4. The Hall–Kier alpha value is -0.380.